The molecule has 2 aromatic heterocycles. The molecule has 6 nitrogen and oxygen atoms in total. The average molecular weight is 349 g/mol. The number of carbonyl (C=O) groups is 1. The second-order valence-electron chi connectivity index (χ2n) is 6.90. The van der Waals surface area contributed by atoms with Gasteiger partial charge >= 0.3 is 0 Å². The second kappa shape index (κ2) is 6.12. The average Bonchev–Trinajstić information content (AvgIpc) is 3.15. The second-order valence-corrected chi connectivity index (χ2v) is 6.90. The molecule has 0 bridgehead atoms. The van der Waals surface area contributed by atoms with E-state index in [9.17, 15) is 4.79 Å². The largest absolute Gasteiger partial charge is 0.346 e. The van der Waals surface area contributed by atoms with Crippen molar-refractivity contribution in [3.8, 4) is 5.69 Å². The lowest BCUT2D eigenvalue weighted by molar-refractivity contribution is -0.116. The molecule has 0 radical (unpaired) electrons. The quantitative estimate of drug-likeness (QED) is 0.759. The van der Waals surface area contributed by atoms with Gasteiger partial charge in [-0.1, -0.05) is 25.1 Å². The fraction of sp³-hybridized carbons (Fsp3) is 0.350. The van der Waals surface area contributed by atoms with Crippen molar-refractivity contribution < 1.29 is 4.79 Å². The molecule has 0 saturated heterocycles. The van der Waals surface area contributed by atoms with Crippen molar-refractivity contribution in [2.24, 2.45) is 0 Å². The Morgan fingerprint density at radius 2 is 2.00 bits per heavy atom. The number of carbonyl (C=O) groups excluding carboxylic acids is 1. The molecule has 1 aromatic carbocycles. The van der Waals surface area contributed by atoms with Crippen molar-refractivity contribution in [2.45, 2.75) is 46.5 Å². The number of fused-ring (bicyclic) bond motifs is 1. The molecule has 4 rings (SSSR count). The van der Waals surface area contributed by atoms with E-state index in [1.165, 1.54) is 0 Å². The molecule has 0 spiro atoms. The minimum atomic E-state index is -0.0759. The van der Waals surface area contributed by atoms with Gasteiger partial charge in [-0.3, -0.25) is 4.79 Å². The van der Waals surface area contributed by atoms with E-state index in [1.807, 2.05) is 49.7 Å². The Labute approximate surface area is 152 Å². The van der Waals surface area contributed by atoms with Gasteiger partial charge in [0.15, 0.2) is 0 Å². The first kappa shape index (κ1) is 16.6. The van der Waals surface area contributed by atoms with Crippen molar-refractivity contribution in [2.75, 3.05) is 5.32 Å². The van der Waals surface area contributed by atoms with Crippen LogP contribution in [0.15, 0.2) is 24.3 Å². The van der Waals surface area contributed by atoms with Gasteiger partial charge in [0.05, 0.1) is 17.1 Å². The molecular weight excluding hydrogens is 326 g/mol. The van der Waals surface area contributed by atoms with E-state index in [0.717, 1.165) is 52.0 Å². The fourth-order valence-corrected chi connectivity index (χ4v) is 3.80. The van der Waals surface area contributed by atoms with Gasteiger partial charge in [-0.05, 0) is 32.4 Å². The van der Waals surface area contributed by atoms with Crippen molar-refractivity contribution in [1.29, 1.82) is 0 Å². The predicted octanol–water partition coefficient (Wildman–Crippen LogP) is 3.56. The Bertz CT molecular complexity index is 998. The molecule has 1 amide bonds. The van der Waals surface area contributed by atoms with Gasteiger partial charge in [-0.15, -0.1) is 0 Å². The van der Waals surface area contributed by atoms with Gasteiger partial charge in [0.25, 0.3) is 0 Å². The van der Waals surface area contributed by atoms with Crippen LogP contribution in [0.4, 0.5) is 5.82 Å². The smallest absolute Gasteiger partial charge is 0.226 e. The molecule has 26 heavy (non-hydrogen) atoms. The van der Waals surface area contributed by atoms with Gasteiger partial charge in [0.1, 0.15) is 11.6 Å². The van der Waals surface area contributed by atoms with Crippen LogP contribution >= 0.6 is 0 Å². The summed E-state index contributed by atoms with van der Waals surface area (Å²) in [4.78, 5) is 20.6. The number of nitrogens with one attached hydrogen (secondary N) is 2. The number of amides is 1. The van der Waals surface area contributed by atoms with Crippen molar-refractivity contribution >= 4 is 11.7 Å². The third-order valence-corrected chi connectivity index (χ3v) is 5.08. The molecule has 1 unspecified atom stereocenters. The van der Waals surface area contributed by atoms with Crippen LogP contribution in [0.25, 0.3) is 5.69 Å². The minimum absolute atomic E-state index is 0.00215. The summed E-state index contributed by atoms with van der Waals surface area (Å²) >= 11 is 0. The number of aromatic amines is 1. The van der Waals surface area contributed by atoms with Crippen LogP contribution in [-0.2, 0) is 11.2 Å². The Hall–Kier alpha value is -2.89. The highest BCUT2D eigenvalue weighted by Crippen LogP contribution is 2.40. The first-order chi connectivity index (χ1) is 12.5. The molecular formula is C20H23N5O. The summed E-state index contributed by atoms with van der Waals surface area (Å²) in [6, 6.07) is 8.06. The van der Waals surface area contributed by atoms with Crippen LogP contribution in [0.2, 0.25) is 0 Å². The summed E-state index contributed by atoms with van der Waals surface area (Å²) in [6.45, 7) is 8.14. The SMILES string of the molecule is CCc1nc(C2CC(=O)Nc3c2c(C)nn3-c2ccccc2C)c(C)[nH]1. The maximum absolute atomic E-state index is 12.5. The van der Waals surface area contributed by atoms with Crippen LogP contribution in [0.3, 0.4) is 0 Å². The van der Waals surface area contributed by atoms with Crippen LogP contribution in [0.5, 0.6) is 0 Å². The van der Waals surface area contributed by atoms with Gasteiger partial charge in [0.2, 0.25) is 5.91 Å². The zero-order chi connectivity index (χ0) is 18.4. The lowest BCUT2D eigenvalue weighted by atomic mass is 9.88. The van der Waals surface area contributed by atoms with E-state index in [2.05, 4.69) is 17.2 Å². The normalized spacial score (nSPS) is 16.5. The lowest BCUT2D eigenvalue weighted by Crippen LogP contribution is -2.25. The lowest BCUT2D eigenvalue weighted by Gasteiger charge is -2.23. The Morgan fingerprint density at radius 3 is 2.69 bits per heavy atom. The molecule has 3 aromatic rings. The molecule has 0 saturated carbocycles. The predicted molar refractivity (Wildman–Crippen MR) is 101 cm³/mol. The first-order valence-electron chi connectivity index (χ1n) is 9.00. The van der Waals surface area contributed by atoms with Gasteiger partial charge in [-0.25, -0.2) is 9.67 Å². The van der Waals surface area contributed by atoms with Gasteiger partial charge < -0.3 is 10.3 Å². The molecule has 1 aliphatic rings. The van der Waals surface area contributed by atoms with E-state index in [0.29, 0.717) is 6.42 Å². The number of rotatable bonds is 3. The van der Waals surface area contributed by atoms with Crippen molar-refractivity contribution in [3.05, 3.63) is 58.3 Å². The summed E-state index contributed by atoms with van der Waals surface area (Å²) in [5.41, 5.74) is 6.05. The third kappa shape index (κ3) is 2.53. The van der Waals surface area contributed by atoms with Crippen LogP contribution in [-0.4, -0.2) is 25.7 Å². The highest BCUT2D eigenvalue weighted by molar-refractivity contribution is 5.95. The number of anilines is 1. The van der Waals surface area contributed by atoms with E-state index in [-0.39, 0.29) is 11.8 Å². The Balaban J connectivity index is 1.90. The molecule has 0 aliphatic carbocycles. The third-order valence-electron chi connectivity index (χ3n) is 5.08. The van der Waals surface area contributed by atoms with Crippen LogP contribution in [0, 0.1) is 20.8 Å². The number of hydrogen-bond acceptors (Lipinski definition) is 3. The topological polar surface area (TPSA) is 75.6 Å². The molecule has 1 aliphatic heterocycles. The summed E-state index contributed by atoms with van der Waals surface area (Å²) in [6.07, 6.45) is 1.23. The van der Waals surface area contributed by atoms with E-state index >= 15 is 0 Å². The molecule has 2 N–H and O–H groups in total. The molecule has 3 heterocycles. The van der Waals surface area contributed by atoms with Crippen LogP contribution in [0.1, 0.15) is 53.3 Å². The first-order valence-corrected chi connectivity index (χ1v) is 9.00. The standard InChI is InChI=1S/C20H23N5O/c1-5-16-21-13(4)19(22-16)14-10-17(26)23-20-18(14)12(3)24-25(20)15-9-7-6-8-11(15)2/h6-9,14H,5,10H2,1-4H3,(H,21,22)(H,23,26). The Morgan fingerprint density at radius 1 is 1.23 bits per heavy atom. The maximum atomic E-state index is 12.5. The molecule has 0 fully saturated rings. The maximum Gasteiger partial charge on any atom is 0.226 e. The summed E-state index contributed by atoms with van der Waals surface area (Å²) in [5, 5.41) is 7.79. The number of hydrogen-bond donors (Lipinski definition) is 2. The van der Waals surface area contributed by atoms with E-state index < -0.39 is 0 Å². The van der Waals surface area contributed by atoms with E-state index in [1.54, 1.807) is 0 Å². The highest BCUT2D eigenvalue weighted by Gasteiger charge is 2.35. The number of aryl methyl sites for hydroxylation is 4. The summed E-state index contributed by atoms with van der Waals surface area (Å²) < 4.78 is 1.85. The number of benzene rings is 1. The fourth-order valence-electron chi connectivity index (χ4n) is 3.80. The van der Waals surface area contributed by atoms with Gasteiger partial charge in [0, 0.05) is 30.0 Å². The summed E-state index contributed by atoms with van der Waals surface area (Å²) in [7, 11) is 0. The van der Waals surface area contributed by atoms with Crippen molar-refractivity contribution in [1.82, 2.24) is 19.7 Å². The molecule has 1 atom stereocenters. The zero-order valence-corrected chi connectivity index (χ0v) is 15.6. The minimum Gasteiger partial charge on any atom is -0.346 e. The van der Waals surface area contributed by atoms with E-state index in [4.69, 9.17) is 10.1 Å². The number of H-pyrrole nitrogens is 1. The molecule has 6 heteroatoms. The number of aromatic nitrogens is 4. The Kier molecular flexibility index (Phi) is 3.90. The summed E-state index contributed by atoms with van der Waals surface area (Å²) in [5.74, 6) is 1.64. The number of para-hydroxylation sites is 1. The van der Waals surface area contributed by atoms with Crippen molar-refractivity contribution in [3.63, 3.8) is 0 Å². The van der Waals surface area contributed by atoms with Gasteiger partial charge in [-0.2, -0.15) is 5.10 Å². The van der Waals surface area contributed by atoms with Crippen LogP contribution < -0.4 is 5.32 Å². The molecule has 134 valence electrons. The highest BCUT2D eigenvalue weighted by atomic mass is 16.1. The monoisotopic (exact) mass is 349 g/mol. The zero-order valence-electron chi connectivity index (χ0n) is 15.6. The number of imidazole rings is 1. The number of nitrogens with zero attached hydrogens (tertiary/aromatic N) is 3.